The fourth-order valence-corrected chi connectivity index (χ4v) is 3.58. The van der Waals surface area contributed by atoms with Crippen LogP contribution in [0.15, 0.2) is 0 Å². The molecule has 0 radical (unpaired) electrons. The number of amides is 1. The molecular weight excluding hydrogens is 246 g/mol. The van der Waals surface area contributed by atoms with Gasteiger partial charge in [0, 0.05) is 31.5 Å². The Morgan fingerprint density at radius 2 is 2.05 bits per heavy atom. The third kappa shape index (κ3) is 1.86. The molecule has 2 aliphatic heterocycles. The highest BCUT2D eigenvalue weighted by Crippen LogP contribution is 2.54. The van der Waals surface area contributed by atoms with E-state index in [9.17, 15) is 14.7 Å². The molecule has 1 N–H and O–H groups in total. The van der Waals surface area contributed by atoms with Gasteiger partial charge in [0.2, 0.25) is 5.91 Å². The summed E-state index contributed by atoms with van der Waals surface area (Å²) in [4.78, 5) is 25.8. The first-order valence-electron chi connectivity index (χ1n) is 6.97. The third-order valence-corrected chi connectivity index (χ3v) is 5.26. The van der Waals surface area contributed by atoms with E-state index in [-0.39, 0.29) is 23.2 Å². The number of hydrogen-bond donors (Lipinski definition) is 1. The minimum absolute atomic E-state index is 0.0513. The monoisotopic (exact) mass is 267 g/mol. The van der Waals surface area contributed by atoms with Gasteiger partial charge in [0.15, 0.2) is 0 Å². The second-order valence-electron chi connectivity index (χ2n) is 6.95. The van der Waals surface area contributed by atoms with E-state index in [4.69, 9.17) is 4.74 Å². The molecule has 1 unspecified atom stereocenters. The molecule has 0 aromatic heterocycles. The number of fused-ring (bicyclic) bond motifs is 1. The first-order chi connectivity index (χ1) is 8.87. The van der Waals surface area contributed by atoms with Crippen molar-refractivity contribution in [2.24, 2.45) is 22.7 Å². The van der Waals surface area contributed by atoms with E-state index < -0.39 is 11.4 Å². The normalized spacial score (nSPS) is 39.8. The maximum Gasteiger partial charge on any atom is 0.311 e. The number of nitrogens with zero attached hydrogens (tertiary/aromatic N) is 1. The fraction of sp³-hybridized carbons (Fsp3) is 0.857. The predicted molar refractivity (Wildman–Crippen MR) is 67.5 cm³/mol. The Hall–Kier alpha value is -1.10. The molecule has 1 aliphatic carbocycles. The van der Waals surface area contributed by atoms with Crippen LogP contribution in [0.5, 0.6) is 0 Å². The lowest BCUT2D eigenvalue weighted by Gasteiger charge is -2.33. The Morgan fingerprint density at radius 1 is 1.37 bits per heavy atom. The highest BCUT2D eigenvalue weighted by Gasteiger charge is 2.58. The van der Waals surface area contributed by atoms with Crippen molar-refractivity contribution in [2.75, 3.05) is 26.3 Å². The summed E-state index contributed by atoms with van der Waals surface area (Å²) >= 11 is 0. The second-order valence-corrected chi connectivity index (χ2v) is 6.95. The third-order valence-electron chi connectivity index (χ3n) is 5.26. The number of rotatable bonds is 2. The van der Waals surface area contributed by atoms with Crippen LogP contribution < -0.4 is 0 Å². The Kier molecular flexibility index (Phi) is 2.68. The van der Waals surface area contributed by atoms with E-state index in [0.29, 0.717) is 32.7 Å². The Morgan fingerprint density at radius 3 is 2.58 bits per heavy atom. The molecule has 5 heteroatoms. The molecule has 19 heavy (non-hydrogen) atoms. The largest absolute Gasteiger partial charge is 0.481 e. The number of carboxylic acids is 1. The van der Waals surface area contributed by atoms with Gasteiger partial charge in [-0.05, 0) is 18.3 Å². The number of carbonyl (C=O) groups excluding carboxylic acids is 1. The van der Waals surface area contributed by atoms with Crippen molar-refractivity contribution < 1.29 is 19.4 Å². The average molecular weight is 267 g/mol. The molecule has 3 rings (SSSR count). The number of aliphatic carboxylic acids is 1. The van der Waals surface area contributed by atoms with Gasteiger partial charge in [0.05, 0.1) is 12.0 Å². The Bertz CT molecular complexity index is 433. The van der Waals surface area contributed by atoms with Crippen LogP contribution >= 0.6 is 0 Å². The van der Waals surface area contributed by atoms with Crippen LogP contribution in [-0.2, 0) is 14.3 Å². The van der Waals surface area contributed by atoms with Gasteiger partial charge in [-0.3, -0.25) is 9.59 Å². The van der Waals surface area contributed by atoms with E-state index in [1.807, 2.05) is 0 Å². The van der Waals surface area contributed by atoms with Crippen LogP contribution in [0.1, 0.15) is 26.7 Å². The Balaban J connectivity index is 1.77. The number of likely N-dealkylation sites (tertiary alicyclic amines) is 1. The molecule has 1 saturated carbocycles. The van der Waals surface area contributed by atoms with Crippen molar-refractivity contribution in [3.63, 3.8) is 0 Å². The summed E-state index contributed by atoms with van der Waals surface area (Å²) in [6.45, 7) is 6.03. The van der Waals surface area contributed by atoms with Crippen molar-refractivity contribution in [1.82, 2.24) is 4.90 Å². The summed E-state index contributed by atoms with van der Waals surface area (Å²) in [5.74, 6) is -0.602. The van der Waals surface area contributed by atoms with E-state index in [1.54, 1.807) is 4.90 Å². The van der Waals surface area contributed by atoms with E-state index in [2.05, 4.69) is 13.8 Å². The standard InChI is InChI=1S/C14H21NO4/c1-13(2)5-10(13)11(16)15-6-9-7-19-4-3-14(9,8-15)12(17)18/h9-10H,3-8H2,1-2H3,(H,17,18)/t9-,10?,14+/m0/s1. The summed E-state index contributed by atoms with van der Waals surface area (Å²) in [5, 5.41) is 9.56. The number of carboxylic acid groups (broad SMARTS) is 1. The van der Waals surface area contributed by atoms with Crippen molar-refractivity contribution in [3.05, 3.63) is 0 Å². The van der Waals surface area contributed by atoms with Crippen LogP contribution in [0.3, 0.4) is 0 Å². The number of ether oxygens (including phenoxy) is 1. The zero-order valence-corrected chi connectivity index (χ0v) is 11.5. The van der Waals surface area contributed by atoms with Gasteiger partial charge in [0.1, 0.15) is 0 Å². The maximum atomic E-state index is 12.4. The molecule has 0 aromatic rings. The number of hydrogen-bond acceptors (Lipinski definition) is 3. The molecule has 106 valence electrons. The molecule has 0 bridgehead atoms. The van der Waals surface area contributed by atoms with Crippen molar-refractivity contribution in [3.8, 4) is 0 Å². The lowest BCUT2D eigenvalue weighted by Crippen LogP contribution is -2.45. The second kappa shape index (κ2) is 3.95. The summed E-state index contributed by atoms with van der Waals surface area (Å²) in [6, 6.07) is 0. The summed E-state index contributed by atoms with van der Waals surface area (Å²) in [5.41, 5.74) is -0.676. The van der Waals surface area contributed by atoms with Gasteiger partial charge in [0.25, 0.3) is 0 Å². The van der Waals surface area contributed by atoms with Gasteiger partial charge in [-0.2, -0.15) is 0 Å². The fourth-order valence-electron chi connectivity index (χ4n) is 3.58. The molecule has 3 aliphatic rings. The van der Waals surface area contributed by atoms with Gasteiger partial charge in [-0.15, -0.1) is 0 Å². The minimum atomic E-state index is -0.772. The van der Waals surface area contributed by atoms with Crippen molar-refractivity contribution in [1.29, 1.82) is 0 Å². The number of carbonyl (C=O) groups is 2. The molecule has 2 heterocycles. The molecule has 5 nitrogen and oxygen atoms in total. The topological polar surface area (TPSA) is 66.8 Å². The van der Waals surface area contributed by atoms with Gasteiger partial charge < -0.3 is 14.7 Å². The molecule has 2 saturated heterocycles. The highest BCUT2D eigenvalue weighted by atomic mass is 16.5. The maximum absolute atomic E-state index is 12.4. The van der Waals surface area contributed by atoms with E-state index in [1.165, 1.54) is 0 Å². The lowest BCUT2D eigenvalue weighted by atomic mass is 9.74. The van der Waals surface area contributed by atoms with Crippen molar-refractivity contribution in [2.45, 2.75) is 26.7 Å². The van der Waals surface area contributed by atoms with E-state index >= 15 is 0 Å². The van der Waals surface area contributed by atoms with E-state index in [0.717, 1.165) is 6.42 Å². The van der Waals surface area contributed by atoms with Gasteiger partial charge in [-0.25, -0.2) is 0 Å². The van der Waals surface area contributed by atoms with Crippen molar-refractivity contribution >= 4 is 11.9 Å². The highest BCUT2D eigenvalue weighted by molar-refractivity contribution is 5.85. The van der Waals surface area contributed by atoms with Crippen LogP contribution in [0.2, 0.25) is 0 Å². The lowest BCUT2D eigenvalue weighted by molar-refractivity contribution is -0.157. The van der Waals surface area contributed by atoms with Gasteiger partial charge in [-0.1, -0.05) is 13.8 Å². The molecule has 3 fully saturated rings. The quantitative estimate of drug-likeness (QED) is 0.810. The Labute approximate surface area is 112 Å². The van der Waals surface area contributed by atoms with Crippen LogP contribution in [0.25, 0.3) is 0 Å². The van der Waals surface area contributed by atoms with Crippen LogP contribution in [-0.4, -0.2) is 48.2 Å². The molecule has 3 atom stereocenters. The minimum Gasteiger partial charge on any atom is -0.481 e. The molecule has 1 amide bonds. The molecule has 0 spiro atoms. The average Bonchev–Trinajstić information content (AvgIpc) is 2.84. The molecular formula is C14H21NO4. The first kappa shape index (κ1) is 12.9. The van der Waals surface area contributed by atoms with Gasteiger partial charge >= 0.3 is 5.97 Å². The predicted octanol–water partition coefficient (Wildman–Crippen LogP) is 0.982. The first-order valence-corrected chi connectivity index (χ1v) is 6.97. The zero-order valence-electron chi connectivity index (χ0n) is 11.5. The summed E-state index contributed by atoms with van der Waals surface area (Å²) in [7, 11) is 0. The molecule has 0 aromatic carbocycles. The van der Waals surface area contributed by atoms with Crippen LogP contribution in [0, 0.1) is 22.7 Å². The summed E-state index contributed by atoms with van der Waals surface area (Å²) < 4.78 is 5.40. The van der Waals surface area contributed by atoms with Crippen LogP contribution in [0.4, 0.5) is 0 Å². The summed E-state index contributed by atoms with van der Waals surface area (Å²) in [6.07, 6.45) is 1.44. The SMILES string of the molecule is CC1(C)CC1C(=O)N1C[C@H]2COCC[C@@]2(C(=O)O)C1. The smallest absolute Gasteiger partial charge is 0.311 e. The zero-order chi connectivity index (χ0) is 13.8.